The van der Waals surface area contributed by atoms with Crippen LogP contribution in [0, 0.1) is 5.92 Å². The number of esters is 4. The molecule has 0 saturated carbocycles. The molecule has 0 aliphatic heterocycles. The Kier molecular flexibility index (Phi) is 70.6. The van der Waals surface area contributed by atoms with Crippen LogP contribution in [-0.4, -0.2) is 96.7 Å². The van der Waals surface area contributed by atoms with E-state index in [4.69, 9.17) is 37.0 Å². The van der Waals surface area contributed by atoms with Crippen molar-refractivity contribution >= 4 is 39.5 Å². The molecule has 0 heterocycles. The second kappa shape index (κ2) is 72.0. The minimum absolute atomic E-state index is 0.106. The third kappa shape index (κ3) is 72.4. The molecule has 582 valence electrons. The highest BCUT2D eigenvalue weighted by atomic mass is 31.2. The van der Waals surface area contributed by atoms with Crippen LogP contribution in [0.4, 0.5) is 0 Å². The summed E-state index contributed by atoms with van der Waals surface area (Å²) in [5.41, 5.74) is 0. The lowest BCUT2D eigenvalue weighted by Gasteiger charge is -2.21. The number of hydrogen-bond acceptors (Lipinski definition) is 15. The summed E-state index contributed by atoms with van der Waals surface area (Å²) in [5, 5.41) is 10.6. The van der Waals surface area contributed by atoms with Gasteiger partial charge in [-0.15, -0.1) is 0 Å². The molecule has 0 aromatic heterocycles. The smallest absolute Gasteiger partial charge is 0.462 e. The van der Waals surface area contributed by atoms with Crippen molar-refractivity contribution in [2.75, 3.05) is 39.6 Å². The first-order valence-corrected chi connectivity index (χ1v) is 44.1. The monoisotopic (exact) mass is 1440 g/mol. The Morgan fingerprint density at radius 1 is 0.276 bits per heavy atom. The molecule has 19 heteroatoms. The second-order valence-electron chi connectivity index (χ2n) is 28.9. The Hall–Kier alpha value is -1.94. The molecule has 3 N–H and O–H groups in total. The summed E-state index contributed by atoms with van der Waals surface area (Å²) >= 11 is 0. The molecule has 0 aromatic carbocycles. The topological polar surface area (TPSA) is 237 Å². The Morgan fingerprint density at radius 3 is 0.694 bits per heavy atom. The molecular weight excluding hydrogens is 1280 g/mol. The molecule has 5 atom stereocenters. The van der Waals surface area contributed by atoms with Crippen LogP contribution in [0.25, 0.3) is 0 Å². The second-order valence-corrected chi connectivity index (χ2v) is 31.8. The molecule has 0 rings (SSSR count). The van der Waals surface area contributed by atoms with Crippen molar-refractivity contribution in [3.05, 3.63) is 0 Å². The maximum absolute atomic E-state index is 13.1. The van der Waals surface area contributed by atoms with Crippen LogP contribution in [0.2, 0.25) is 0 Å². The SMILES string of the molecule is CCCCCCCCCCCCCCCCCCCCCC(=O)OC[C@H](COP(=O)(O)OC[C@@H](O)COP(=O)(O)OC[C@@H](COC(=O)CCCCCCC)OC(=O)CCCCCCCCCCCCCCC(C)C)OC(=O)CCCCCCCCCCCCCCCCCCCCC. The molecule has 0 aromatic rings. The number of phosphoric ester groups is 2. The number of aliphatic hydroxyl groups excluding tert-OH is 1. The van der Waals surface area contributed by atoms with Crippen LogP contribution in [0.3, 0.4) is 0 Å². The van der Waals surface area contributed by atoms with Crippen molar-refractivity contribution in [3.63, 3.8) is 0 Å². The van der Waals surface area contributed by atoms with Gasteiger partial charge in [-0.3, -0.25) is 37.3 Å². The zero-order chi connectivity index (χ0) is 71.9. The fourth-order valence-electron chi connectivity index (χ4n) is 12.2. The number of carbonyl (C=O) groups is 4. The summed E-state index contributed by atoms with van der Waals surface area (Å²) in [7, 11) is -9.90. The molecule has 0 radical (unpaired) electrons. The van der Waals surface area contributed by atoms with Crippen LogP contribution in [0.1, 0.15) is 420 Å². The lowest BCUT2D eigenvalue weighted by molar-refractivity contribution is -0.161. The number of hydrogen-bond donors (Lipinski definition) is 3. The van der Waals surface area contributed by atoms with Crippen LogP contribution in [-0.2, 0) is 65.4 Å². The minimum atomic E-state index is -4.96. The van der Waals surface area contributed by atoms with Crippen molar-refractivity contribution < 1.29 is 80.2 Å². The lowest BCUT2D eigenvalue weighted by atomic mass is 10.0. The highest BCUT2D eigenvalue weighted by Gasteiger charge is 2.30. The zero-order valence-corrected chi connectivity index (χ0v) is 65.7. The van der Waals surface area contributed by atoms with Gasteiger partial charge in [0.05, 0.1) is 26.4 Å². The predicted molar refractivity (Wildman–Crippen MR) is 400 cm³/mol. The Morgan fingerprint density at radius 2 is 0.469 bits per heavy atom. The largest absolute Gasteiger partial charge is 0.472 e. The zero-order valence-electron chi connectivity index (χ0n) is 63.9. The van der Waals surface area contributed by atoms with Gasteiger partial charge in [-0.05, 0) is 31.6 Å². The summed E-state index contributed by atoms with van der Waals surface area (Å²) in [6, 6.07) is 0. The van der Waals surface area contributed by atoms with E-state index in [-0.39, 0.29) is 25.7 Å². The average Bonchev–Trinajstić information content (AvgIpc) is 1.38. The molecule has 0 aliphatic carbocycles. The van der Waals surface area contributed by atoms with E-state index in [1.165, 1.54) is 238 Å². The van der Waals surface area contributed by atoms with Crippen LogP contribution in [0.5, 0.6) is 0 Å². The predicted octanol–water partition coefficient (Wildman–Crippen LogP) is 23.6. The summed E-state index contributed by atoms with van der Waals surface area (Å²) in [5.74, 6) is -1.34. The van der Waals surface area contributed by atoms with E-state index < -0.39 is 97.5 Å². The Labute approximate surface area is 600 Å². The molecule has 98 heavy (non-hydrogen) atoms. The van der Waals surface area contributed by atoms with E-state index in [0.29, 0.717) is 25.7 Å². The number of rotatable bonds is 79. The van der Waals surface area contributed by atoms with Gasteiger partial charge in [-0.2, -0.15) is 0 Å². The van der Waals surface area contributed by atoms with Crippen molar-refractivity contribution in [1.82, 2.24) is 0 Å². The van der Waals surface area contributed by atoms with Crippen LogP contribution >= 0.6 is 15.6 Å². The standard InChI is InChI=1S/C79H154O17P2/c1-6-9-12-15-17-19-21-23-25-27-29-31-33-35-40-44-48-53-58-63-77(82)90-69-75(96-79(84)65-59-54-49-45-41-36-34-32-30-28-26-24-22-20-18-16-13-10-7-2)71-94-98(87,88)92-67-73(80)66-91-97(85,86)93-70-74(68-89-76(81)62-57-51-14-11-8-3)95-78(83)64-60-55-50-46-42-38-37-39-43-47-52-56-61-72(4)5/h72-75,80H,6-71H2,1-5H3,(H,85,86)(H,87,88)/t73-,74+,75+/m0/s1. The molecular formula is C79H154O17P2. The Bertz CT molecular complexity index is 1870. The summed E-state index contributed by atoms with van der Waals surface area (Å²) < 4.78 is 68.4. The van der Waals surface area contributed by atoms with E-state index in [2.05, 4.69) is 34.6 Å². The Balaban J connectivity index is 5.12. The summed E-state index contributed by atoms with van der Waals surface area (Å²) in [4.78, 5) is 72.6. The van der Waals surface area contributed by atoms with Crippen molar-refractivity contribution in [1.29, 1.82) is 0 Å². The number of phosphoric acid groups is 2. The highest BCUT2D eigenvalue weighted by molar-refractivity contribution is 7.47. The first-order chi connectivity index (χ1) is 47.5. The van der Waals surface area contributed by atoms with Crippen LogP contribution < -0.4 is 0 Å². The first-order valence-electron chi connectivity index (χ1n) is 41.1. The summed E-state index contributed by atoms with van der Waals surface area (Å²) in [6.07, 6.45) is 63.0. The molecule has 0 fully saturated rings. The molecule has 0 aliphatic rings. The van der Waals surface area contributed by atoms with Gasteiger partial charge in [0.25, 0.3) is 0 Å². The van der Waals surface area contributed by atoms with Gasteiger partial charge in [0.1, 0.15) is 19.3 Å². The highest BCUT2D eigenvalue weighted by Crippen LogP contribution is 2.45. The van der Waals surface area contributed by atoms with Gasteiger partial charge in [0.15, 0.2) is 12.2 Å². The number of carbonyl (C=O) groups excluding carboxylic acids is 4. The van der Waals surface area contributed by atoms with Gasteiger partial charge >= 0.3 is 39.5 Å². The maximum Gasteiger partial charge on any atom is 0.472 e. The minimum Gasteiger partial charge on any atom is -0.462 e. The number of unbranched alkanes of at least 4 members (excludes halogenated alkanes) is 51. The van der Waals surface area contributed by atoms with Crippen LogP contribution in [0.15, 0.2) is 0 Å². The van der Waals surface area contributed by atoms with Gasteiger partial charge in [0.2, 0.25) is 0 Å². The van der Waals surface area contributed by atoms with Crippen molar-refractivity contribution in [2.24, 2.45) is 5.92 Å². The van der Waals surface area contributed by atoms with Gasteiger partial charge < -0.3 is 33.8 Å². The molecule has 0 saturated heterocycles. The molecule has 17 nitrogen and oxygen atoms in total. The van der Waals surface area contributed by atoms with E-state index in [9.17, 15) is 43.2 Å². The third-order valence-corrected chi connectivity index (χ3v) is 20.4. The lowest BCUT2D eigenvalue weighted by Crippen LogP contribution is -2.30. The molecule has 0 amide bonds. The maximum atomic E-state index is 13.1. The third-order valence-electron chi connectivity index (χ3n) is 18.5. The summed E-state index contributed by atoms with van der Waals surface area (Å²) in [6.45, 7) is 7.23. The van der Waals surface area contributed by atoms with Gasteiger partial charge in [-0.1, -0.05) is 369 Å². The van der Waals surface area contributed by atoms with Crippen molar-refractivity contribution in [2.45, 2.75) is 438 Å². The van der Waals surface area contributed by atoms with E-state index >= 15 is 0 Å². The quantitative estimate of drug-likeness (QED) is 0.0222. The fourth-order valence-corrected chi connectivity index (χ4v) is 13.8. The number of ether oxygens (including phenoxy) is 4. The van der Waals surface area contributed by atoms with E-state index in [0.717, 1.165) is 102 Å². The average molecular weight is 1440 g/mol. The molecule has 2 unspecified atom stereocenters. The normalized spacial score (nSPS) is 13.9. The van der Waals surface area contributed by atoms with E-state index in [1.54, 1.807) is 0 Å². The fraction of sp³-hybridized carbons (Fsp3) is 0.949. The molecule has 0 spiro atoms. The van der Waals surface area contributed by atoms with E-state index in [1.807, 2.05) is 0 Å². The molecule has 0 bridgehead atoms. The van der Waals surface area contributed by atoms with Gasteiger partial charge in [-0.25, -0.2) is 9.13 Å². The number of aliphatic hydroxyl groups is 1. The van der Waals surface area contributed by atoms with Crippen molar-refractivity contribution in [3.8, 4) is 0 Å². The first kappa shape index (κ1) is 96.1. The van der Waals surface area contributed by atoms with Gasteiger partial charge in [0, 0.05) is 25.7 Å².